The summed E-state index contributed by atoms with van der Waals surface area (Å²) in [4.78, 5) is 21.2. The molecule has 5 heteroatoms. The highest BCUT2D eigenvalue weighted by atomic mass is 16.6. The number of cyclic esters (lactones) is 1. The molecule has 70 valence electrons. The Morgan fingerprint density at radius 3 is 2.31 bits per heavy atom. The van der Waals surface area contributed by atoms with E-state index in [9.17, 15) is 9.59 Å². The fraction of sp³-hybridized carbons (Fsp3) is 0.250. The van der Waals surface area contributed by atoms with E-state index in [1.165, 1.54) is 14.2 Å². The van der Waals surface area contributed by atoms with Crippen molar-refractivity contribution in [2.24, 2.45) is 0 Å². The summed E-state index contributed by atoms with van der Waals surface area (Å²) in [5.41, 5.74) is 0. The van der Waals surface area contributed by atoms with E-state index in [0.717, 1.165) is 6.08 Å². The largest absolute Gasteiger partial charge is 0.490 e. The van der Waals surface area contributed by atoms with E-state index >= 15 is 0 Å². The zero-order valence-electron chi connectivity index (χ0n) is 7.20. The first-order chi connectivity index (χ1) is 6.24. The van der Waals surface area contributed by atoms with Crippen molar-refractivity contribution in [1.29, 1.82) is 0 Å². The van der Waals surface area contributed by atoms with Gasteiger partial charge in [0.1, 0.15) is 6.29 Å². The van der Waals surface area contributed by atoms with Gasteiger partial charge in [-0.25, -0.2) is 4.79 Å². The number of ether oxygens (including phenoxy) is 3. The third-order valence-corrected chi connectivity index (χ3v) is 1.45. The molecule has 1 heterocycles. The Morgan fingerprint density at radius 2 is 1.85 bits per heavy atom. The van der Waals surface area contributed by atoms with Crippen LogP contribution in [0.1, 0.15) is 0 Å². The maximum atomic E-state index is 11.0. The normalized spacial score (nSPS) is 18.9. The van der Waals surface area contributed by atoms with Crippen LogP contribution in [0.2, 0.25) is 0 Å². The standard InChI is InChI=1S/C8H8O5/c1-11-6-5(3-4-9)13-8(10)7(6)12-2/h3-4H,1-2H3. The molecular weight excluding hydrogens is 176 g/mol. The van der Waals surface area contributed by atoms with Crippen LogP contribution < -0.4 is 0 Å². The smallest absolute Gasteiger partial charge is 0.383 e. The van der Waals surface area contributed by atoms with Gasteiger partial charge in [0.2, 0.25) is 5.76 Å². The molecule has 0 unspecified atom stereocenters. The number of aldehydes is 1. The van der Waals surface area contributed by atoms with Gasteiger partial charge in [-0.05, 0) is 0 Å². The van der Waals surface area contributed by atoms with Gasteiger partial charge in [0, 0.05) is 6.08 Å². The van der Waals surface area contributed by atoms with Crippen LogP contribution in [0.15, 0.2) is 23.4 Å². The number of esters is 1. The Labute approximate surface area is 74.6 Å². The molecule has 5 nitrogen and oxygen atoms in total. The maximum absolute atomic E-state index is 11.0. The Morgan fingerprint density at radius 1 is 1.23 bits per heavy atom. The fourth-order valence-corrected chi connectivity index (χ4v) is 0.938. The van der Waals surface area contributed by atoms with Gasteiger partial charge in [-0.15, -0.1) is 0 Å². The first-order valence-electron chi connectivity index (χ1n) is 3.44. The molecule has 0 aliphatic carbocycles. The Kier molecular flexibility index (Phi) is 2.69. The molecular formula is C8H8O5. The monoisotopic (exact) mass is 184 g/mol. The van der Waals surface area contributed by atoms with Gasteiger partial charge >= 0.3 is 5.97 Å². The van der Waals surface area contributed by atoms with Crippen LogP contribution >= 0.6 is 0 Å². The minimum absolute atomic E-state index is 0.0319. The summed E-state index contributed by atoms with van der Waals surface area (Å²) in [5, 5.41) is 0. The van der Waals surface area contributed by atoms with Crippen LogP contribution in [0.5, 0.6) is 0 Å². The van der Waals surface area contributed by atoms with Gasteiger partial charge in [-0.2, -0.15) is 0 Å². The van der Waals surface area contributed by atoms with Crippen LogP contribution in [-0.2, 0) is 23.8 Å². The molecule has 0 fully saturated rings. The van der Waals surface area contributed by atoms with Crippen molar-refractivity contribution in [3.8, 4) is 0 Å². The van der Waals surface area contributed by atoms with Crippen LogP contribution in [0, 0.1) is 0 Å². The molecule has 0 radical (unpaired) electrons. The lowest BCUT2D eigenvalue weighted by molar-refractivity contribution is -0.136. The summed E-state index contributed by atoms with van der Waals surface area (Å²) in [6, 6.07) is 0. The first-order valence-corrected chi connectivity index (χ1v) is 3.44. The van der Waals surface area contributed by atoms with Gasteiger partial charge in [0.15, 0.2) is 5.76 Å². The molecule has 0 N–H and O–H groups in total. The fourth-order valence-electron chi connectivity index (χ4n) is 0.938. The van der Waals surface area contributed by atoms with E-state index in [1.54, 1.807) is 0 Å². The molecule has 1 aliphatic rings. The molecule has 1 aliphatic heterocycles. The molecule has 1 rings (SSSR count). The number of carbonyl (C=O) groups is 2. The number of allylic oxidation sites excluding steroid dienone is 1. The molecule has 0 spiro atoms. The zero-order chi connectivity index (χ0) is 9.84. The van der Waals surface area contributed by atoms with E-state index in [0.29, 0.717) is 6.29 Å². The molecule has 0 saturated heterocycles. The number of hydrogen-bond acceptors (Lipinski definition) is 5. The van der Waals surface area contributed by atoms with Crippen LogP contribution in [-0.4, -0.2) is 26.5 Å². The van der Waals surface area contributed by atoms with Crippen molar-refractivity contribution >= 4 is 12.3 Å². The maximum Gasteiger partial charge on any atom is 0.383 e. The average Bonchev–Trinajstić information content (AvgIpc) is 2.41. The van der Waals surface area contributed by atoms with E-state index in [1.807, 2.05) is 0 Å². The third-order valence-electron chi connectivity index (χ3n) is 1.45. The van der Waals surface area contributed by atoms with Gasteiger partial charge in [0.25, 0.3) is 5.76 Å². The average molecular weight is 184 g/mol. The highest BCUT2D eigenvalue weighted by Gasteiger charge is 2.32. The second-order valence-electron chi connectivity index (χ2n) is 2.12. The third kappa shape index (κ3) is 1.53. The topological polar surface area (TPSA) is 61.8 Å². The number of methoxy groups -OCH3 is 2. The molecule has 0 aromatic rings. The summed E-state index contributed by atoms with van der Waals surface area (Å²) in [7, 11) is 2.68. The molecule has 0 atom stereocenters. The van der Waals surface area contributed by atoms with Crippen molar-refractivity contribution in [1.82, 2.24) is 0 Å². The predicted octanol–water partition coefficient (Wildman–Crippen LogP) is 0.130. The van der Waals surface area contributed by atoms with Crippen molar-refractivity contribution in [2.75, 3.05) is 14.2 Å². The van der Waals surface area contributed by atoms with E-state index in [-0.39, 0.29) is 17.3 Å². The van der Waals surface area contributed by atoms with E-state index in [4.69, 9.17) is 9.47 Å². The number of rotatable bonds is 3. The Balaban J connectivity index is 3.09. The first kappa shape index (κ1) is 9.31. The minimum Gasteiger partial charge on any atom is -0.490 e. The quantitative estimate of drug-likeness (QED) is 0.354. The van der Waals surface area contributed by atoms with Gasteiger partial charge in [-0.3, -0.25) is 4.79 Å². The second-order valence-corrected chi connectivity index (χ2v) is 2.12. The van der Waals surface area contributed by atoms with Crippen molar-refractivity contribution in [3.63, 3.8) is 0 Å². The molecule has 13 heavy (non-hydrogen) atoms. The number of hydrogen-bond donors (Lipinski definition) is 0. The molecule has 0 aromatic carbocycles. The van der Waals surface area contributed by atoms with Gasteiger partial charge in [0.05, 0.1) is 14.2 Å². The summed E-state index contributed by atoms with van der Waals surface area (Å²) in [6.07, 6.45) is 1.59. The lowest BCUT2D eigenvalue weighted by Crippen LogP contribution is -2.00. The summed E-state index contributed by atoms with van der Waals surface area (Å²) in [6.45, 7) is 0. The Bertz CT molecular complexity index is 300. The lowest BCUT2D eigenvalue weighted by atomic mass is 10.3. The zero-order valence-corrected chi connectivity index (χ0v) is 7.20. The predicted molar refractivity (Wildman–Crippen MR) is 41.3 cm³/mol. The Hall–Kier alpha value is -1.78. The summed E-state index contributed by atoms with van der Waals surface area (Å²) in [5.74, 6) is -0.484. The minimum atomic E-state index is -0.660. The van der Waals surface area contributed by atoms with Crippen LogP contribution in [0.25, 0.3) is 0 Å². The summed E-state index contributed by atoms with van der Waals surface area (Å²) >= 11 is 0. The van der Waals surface area contributed by atoms with Gasteiger partial charge in [-0.1, -0.05) is 0 Å². The molecule has 0 aromatic heterocycles. The van der Waals surface area contributed by atoms with Crippen molar-refractivity contribution < 1.29 is 23.8 Å². The van der Waals surface area contributed by atoms with Gasteiger partial charge < -0.3 is 14.2 Å². The SMILES string of the molecule is COC1=C(OC)C(=CC=O)OC1=O. The second kappa shape index (κ2) is 3.75. The van der Waals surface area contributed by atoms with E-state index < -0.39 is 5.97 Å². The highest BCUT2D eigenvalue weighted by Crippen LogP contribution is 2.26. The van der Waals surface area contributed by atoms with Crippen LogP contribution in [0.3, 0.4) is 0 Å². The van der Waals surface area contributed by atoms with Crippen LogP contribution in [0.4, 0.5) is 0 Å². The van der Waals surface area contributed by atoms with E-state index in [2.05, 4.69) is 4.74 Å². The van der Waals surface area contributed by atoms with Crippen molar-refractivity contribution in [3.05, 3.63) is 23.4 Å². The molecule has 0 amide bonds. The summed E-state index contributed by atoms with van der Waals surface area (Å²) < 4.78 is 14.2. The molecule has 0 saturated carbocycles. The lowest BCUT2D eigenvalue weighted by Gasteiger charge is -1.99. The number of carbonyl (C=O) groups excluding carboxylic acids is 2. The van der Waals surface area contributed by atoms with Crippen molar-refractivity contribution in [2.45, 2.75) is 0 Å². The molecule has 0 bridgehead atoms. The highest BCUT2D eigenvalue weighted by molar-refractivity contribution is 5.92.